The monoisotopic (exact) mass is 333 g/mol. The number of fused-ring (bicyclic) bond motifs is 2. The number of imidazole rings is 1. The lowest BCUT2D eigenvalue weighted by Gasteiger charge is -2.12. The van der Waals surface area contributed by atoms with E-state index in [1.807, 2.05) is 79.0 Å². The van der Waals surface area contributed by atoms with Crippen molar-refractivity contribution < 1.29 is 4.42 Å². The summed E-state index contributed by atoms with van der Waals surface area (Å²) in [6.07, 6.45) is 0. The number of nitrogens with zero attached hydrogens (tertiary/aromatic N) is 3. The molecule has 0 saturated heterocycles. The molecule has 0 amide bonds. The van der Waals surface area contributed by atoms with E-state index in [1.54, 1.807) is 0 Å². The van der Waals surface area contributed by atoms with Crippen LogP contribution < -0.4 is 10.5 Å². The summed E-state index contributed by atoms with van der Waals surface area (Å²) >= 11 is 0. The molecular formula is C20H19N3O2. The van der Waals surface area contributed by atoms with Gasteiger partial charge in [-0.1, -0.05) is 12.1 Å². The van der Waals surface area contributed by atoms with E-state index in [0.29, 0.717) is 17.0 Å². The van der Waals surface area contributed by atoms with Gasteiger partial charge in [0.1, 0.15) is 17.0 Å². The third-order valence-electron chi connectivity index (χ3n) is 4.45. The van der Waals surface area contributed by atoms with Crippen molar-refractivity contribution >= 4 is 27.7 Å². The van der Waals surface area contributed by atoms with Crippen molar-refractivity contribution in [2.45, 2.75) is 13.5 Å². The first-order valence-electron chi connectivity index (χ1n) is 8.29. The van der Waals surface area contributed by atoms with Crippen molar-refractivity contribution in [3.8, 4) is 11.4 Å². The van der Waals surface area contributed by atoms with Crippen LogP contribution >= 0.6 is 0 Å². The van der Waals surface area contributed by atoms with Crippen LogP contribution in [0.4, 0.5) is 5.69 Å². The van der Waals surface area contributed by atoms with Gasteiger partial charge in [0.15, 0.2) is 0 Å². The number of aryl methyl sites for hydroxylation is 1. The Bertz CT molecular complexity index is 1140. The summed E-state index contributed by atoms with van der Waals surface area (Å²) in [6.45, 7) is 2.77. The van der Waals surface area contributed by atoms with E-state index < -0.39 is 0 Å². The highest BCUT2D eigenvalue weighted by atomic mass is 16.4. The van der Waals surface area contributed by atoms with Gasteiger partial charge in [-0.2, -0.15) is 0 Å². The van der Waals surface area contributed by atoms with Crippen molar-refractivity contribution in [3.05, 3.63) is 59.0 Å². The Morgan fingerprint density at radius 3 is 2.68 bits per heavy atom. The Hall–Kier alpha value is -3.08. The lowest BCUT2D eigenvalue weighted by Crippen LogP contribution is -2.10. The van der Waals surface area contributed by atoms with E-state index in [1.165, 1.54) is 0 Å². The molecular weight excluding hydrogens is 314 g/mol. The predicted octanol–water partition coefficient (Wildman–Crippen LogP) is 3.90. The fourth-order valence-corrected chi connectivity index (χ4v) is 3.14. The molecule has 126 valence electrons. The highest BCUT2D eigenvalue weighted by molar-refractivity contribution is 5.86. The molecule has 2 aromatic heterocycles. The van der Waals surface area contributed by atoms with Gasteiger partial charge in [0.2, 0.25) is 0 Å². The normalized spacial score (nSPS) is 11.3. The minimum atomic E-state index is -0.367. The van der Waals surface area contributed by atoms with Gasteiger partial charge in [0.25, 0.3) is 0 Å². The number of aromatic nitrogens is 2. The maximum absolute atomic E-state index is 12.6. The number of benzene rings is 2. The molecule has 2 aromatic carbocycles. The van der Waals surface area contributed by atoms with Crippen molar-refractivity contribution in [1.29, 1.82) is 0 Å². The van der Waals surface area contributed by atoms with Crippen LogP contribution in [0.1, 0.15) is 6.92 Å². The second-order valence-corrected chi connectivity index (χ2v) is 6.23. The standard InChI is InChI=1S/C20H19N3O2/c1-4-23-17-8-6-5-7-16(17)21-19(23)15-11-13-9-10-14(22(2)3)12-18(13)25-20(15)24/h5-12H,4H2,1-3H3. The number of anilines is 1. The molecule has 25 heavy (non-hydrogen) atoms. The molecule has 0 saturated carbocycles. The van der Waals surface area contributed by atoms with E-state index in [9.17, 15) is 4.79 Å². The van der Waals surface area contributed by atoms with Gasteiger partial charge < -0.3 is 13.9 Å². The highest BCUT2D eigenvalue weighted by Crippen LogP contribution is 2.26. The third kappa shape index (κ3) is 2.48. The SMILES string of the molecule is CCn1c(-c2cc3ccc(N(C)C)cc3oc2=O)nc2ccccc21. The minimum absolute atomic E-state index is 0.367. The molecule has 0 aliphatic heterocycles. The fraction of sp³-hybridized carbons (Fsp3) is 0.200. The number of rotatable bonds is 3. The molecule has 0 aliphatic carbocycles. The van der Waals surface area contributed by atoms with Crippen LogP contribution in [0.2, 0.25) is 0 Å². The highest BCUT2D eigenvalue weighted by Gasteiger charge is 2.16. The van der Waals surface area contributed by atoms with E-state index in [2.05, 4.69) is 4.98 Å². The van der Waals surface area contributed by atoms with Crippen molar-refractivity contribution in [1.82, 2.24) is 9.55 Å². The van der Waals surface area contributed by atoms with Gasteiger partial charge in [-0.15, -0.1) is 0 Å². The van der Waals surface area contributed by atoms with Crippen LogP contribution in [0.3, 0.4) is 0 Å². The topological polar surface area (TPSA) is 51.3 Å². The summed E-state index contributed by atoms with van der Waals surface area (Å²) in [5.74, 6) is 0.649. The summed E-state index contributed by atoms with van der Waals surface area (Å²) in [5.41, 5.74) is 3.59. The maximum Gasteiger partial charge on any atom is 0.347 e. The van der Waals surface area contributed by atoms with Gasteiger partial charge in [-0.3, -0.25) is 0 Å². The van der Waals surface area contributed by atoms with Crippen molar-refractivity contribution in [2.24, 2.45) is 0 Å². The molecule has 0 aliphatic rings. The summed E-state index contributed by atoms with van der Waals surface area (Å²) in [7, 11) is 3.91. The Morgan fingerprint density at radius 1 is 1.12 bits per heavy atom. The molecule has 0 fully saturated rings. The summed E-state index contributed by atoms with van der Waals surface area (Å²) in [5, 5.41) is 0.884. The first-order valence-corrected chi connectivity index (χ1v) is 8.29. The molecule has 0 N–H and O–H groups in total. The van der Waals surface area contributed by atoms with Crippen LogP contribution in [0.25, 0.3) is 33.4 Å². The Balaban J connectivity index is 1.97. The second kappa shape index (κ2) is 5.77. The van der Waals surface area contributed by atoms with Crippen LogP contribution in [-0.2, 0) is 6.54 Å². The Morgan fingerprint density at radius 2 is 1.92 bits per heavy atom. The average Bonchev–Trinajstić information content (AvgIpc) is 2.98. The van der Waals surface area contributed by atoms with E-state index >= 15 is 0 Å². The number of hydrogen-bond donors (Lipinski definition) is 0. The Kier molecular flexibility index (Phi) is 3.57. The molecule has 0 radical (unpaired) electrons. The summed E-state index contributed by atoms with van der Waals surface area (Å²) in [4.78, 5) is 19.3. The average molecular weight is 333 g/mol. The molecule has 0 atom stereocenters. The lowest BCUT2D eigenvalue weighted by atomic mass is 10.1. The van der Waals surface area contributed by atoms with Crippen LogP contribution in [0.15, 0.2) is 57.7 Å². The van der Waals surface area contributed by atoms with Gasteiger partial charge >= 0.3 is 5.63 Å². The zero-order valence-electron chi connectivity index (χ0n) is 14.5. The largest absolute Gasteiger partial charge is 0.422 e. The van der Waals surface area contributed by atoms with Crippen LogP contribution in [-0.4, -0.2) is 23.6 Å². The maximum atomic E-state index is 12.6. The van der Waals surface area contributed by atoms with Crippen molar-refractivity contribution in [3.63, 3.8) is 0 Å². The molecule has 0 spiro atoms. The van der Waals surface area contributed by atoms with E-state index in [-0.39, 0.29) is 5.63 Å². The van der Waals surface area contributed by atoms with Gasteiger partial charge in [0.05, 0.1) is 11.0 Å². The van der Waals surface area contributed by atoms with Crippen molar-refractivity contribution in [2.75, 3.05) is 19.0 Å². The lowest BCUT2D eigenvalue weighted by molar-refractivity contribution is 0.562. The zero-order chi connectivity index (χ0) is 17.6. The molecule has 5 heteroatoms. The molecule has 2 heterocycles. The second-order valence-electron chi connectivity index (χ2n) is 6.23. The smallest absolute Gasteiger partial charge is 0.347 e. The molecule has 4 rings (SSSR count). The first-order chi connectivity index (χ1) is 12.1. The number of hydrogen-bond acceptors (Lipinski definition) is 4. The molecule has 4 aromatic rings. The van der Waals surface area contributed by atoms with Crippen LogP contribution in [0.5, 0.6) is 0 Å². The third-order valence-corrected chi connectivity index (χ3v) is 4.45. The Labute approximate surface area is 145 Å². The molecule has 0 unspecified atom stereocenters. The summed E-state index contributed by atoms with van der Waals surface area (Å²) in [6, 6.07) is 15.6. The van der Waals surface area contributed by atoms with Gasteiger partial charge in [0, 0.05) is 37.8 Å². The number of para-hydroxylation sites is 2. The van der Waals surface area contributed by atoms with Crippen LogP contribution in [0, 0.1) is 0 Å². The quantitative estimate of drug-likeness (QED) is 0.534. The molecule has 0 bridgehead atoms. The van der Waals surface area contributed by atoms with E-state index in [0.717, 1.165) is 28.7 Å². The summed E-state index contributed by atoms with van der Waals surface area (Å²) < 4.78 is 7.64. The van der Waals surface area contributed by atoms with Gasteiger partial charge in [-0.25, -0.2) is 9.78 Å². The minimum Gasteiger partial charge on any atom is -0.422 e. The van der Waals surface area contributed by atoms with E-state index in [4.69, 9.17) is 4.42 Å². The first kappa shape index (κ1) is 15.4. The predicted molar refractivity (Wildman–Crippen MR) is 101 cm³/mol. The van der Waals surface area contributed by atoms with Gasteiger partial charge in [-0.05, 0) is 37.3 Å². The molecule has 5 nitrogen and oxygen atoms in total. The zero-order valence-corrected chi connectivity index (χ0v) is 14.5. The fourth-order valence-electron chi connectivity index (χ4n) is 3.14.